The second-order valence-corrected chi connectivity index (χ2v) is 4.27. The van der Waals surface area contributed by atoms with E-state index >= 15 is 0 Å². The second-order valence-electron chi connectivity index (χ2n) is 3.75. The Labute approximate surface area is 91.3 Å². The van der Waals surface area contributed by atoms with Crippen molar-refractivity contribution in [3.05, 3.63) is 34.9 Å². The lowest BCUT2D eigenvalue weighted by Crippen LogP contribution is -2.07. The number of aryl methyl sites for hydroxylation is 3. The molecule has 0 amide bonds. The van der Waals surface area contributed by atoms with E-state index in [1.54, 1.807) is 0 Å². The number of hydrogen-bond donors (Lipinski definition) is 1. The van der Waals surface area contributed by atoms with Gasteiger partial charge >= 0.3 is 0 Å². The predicted molar refractivity (Wildman–Crippen MR) is 65.6 cm³/mol. The summed E-state index contributed by atoms with van der Waals surface area (Å²) in [6, 6.07) is 6.56. The molecule has 0 aromatic heterocycles. The molecule has 76 valence electrons. The van der Waals surface area contributed by atoms with E-state index in [0.29, 0.717) is 4.99 Å². The van der Waals surface area contributed by atoms with Crippen LogP contribution in [0.5, 0.6) is 0 Å². The van der Waals surface area contributed by atoms with Gasteiger partial charge in [-0.2, -0.15) is 0 Å². The third-order valence-corrected chi connectivity index (χ3v) is 2.58. The van der Waals surface area contributed by atoms with Gasteiger partial charge in [-0.1, -0.05) is 36.0 Å². The van der Waals surface area contributed by atoms with Gasteiger partial charge in [0, 0.05) is 0 Å². The maximum atomic E-state index is 5.46. The Balaban J connectivity index is 2.57. The van der Waals surface area contributed by atoms with Crippen LogP contribution in [-0.4, -0.2) is 4.99 Å². The summed E-state index contributed by atoms with van der Waals surface area (Å²) in [5.41, 5.74) is 9.55. The fourth-order valence-corrected chi connectivity index (χ4v) is 1.67. The van der Waals surface area contributed by atoms with Gasteiger partial charge in [0.2, 0.25) is 0 Å². The van der Waals surface area contributed by atoms with Gasteiger partial charge in [-0.25, -0.2) is 0 Å². The standard InChI is InChI=1S/C12H17NS/c1-9-6-7-10(2)11(8-9)4-3-5-12(13)14/h6-8H,3-5H2,1-2H3,(H2,13,14). The van der Waals surface area contributed by atoms with Gasteiger partial charge < -0.3 is 5.73 Å². The highest BCUT2D eigenvalue weighted by atomic mass is 32.1. The molecule has 0 bridgehead atoms. The van der Waals surface area contributed by atoms with E-state index in [4.69, 9.17) is 18.0 Å². The molecule has 0 radical (unpaired) electrons. The average Bonchev–Trinajstić information content (AvgIpc) is 2.10. The molecule has 2 heteroatoms. The first-order valence-electron chi connectivity index (χ1n) is 4.94. The Morgan fingerprint density at radius 1 is 1.36 bits per heavy atom. The Morgan fingerprint density at radius 3 is 2.71 bits per heavy atom. The molecule has 1 aromatic rings. The van der Waals surface area contributed by atoms with Crippen molar-refractivity contribution in [1.29, 1.82) is 0 Å². The lowest BCUT2D eigenvalue weighted by Gasteiger charge is -2.06. The van der Waals surface area contributed by atoms with E-state index in [9.17, 15) is 0 Å². The lowest BCUT2D eigenvalue weighted by atomic mass is 10.0. The van der Waals surface area contributed by atoms with Gasteiger partial charge in [0.05, 0.1) is 4.99 Å². The van der Waals surface area contributed by atoms with Crippen LogP contribution in [0.3, 0.4) is 0 Å². The number of rotatable bonds is 4. The van der Waals surface area contributed by atoms with Crippen LogP contribution in [0.25, 0.3) is 0 Å². The van der Waals surface area contributed by atoms with Crippen LogP contribution >= 0.6 is 12.2 Å². The van der Waals surface area contributed by atoms with Crippen LogP contribution in [0.15, 0.2) is 18.2 Å². The third kappa shape index (κ3) is 3.46. The minimum atomic E-state index is 0.621. The van der Waals surface area contributed by atoms with Crippen molar-refractivity contribution in [1.82, 2.24) is 0 Å². The molecule has 0 atom stereocenters. The predicted octanol–water partition coefficient (Wildman–Crippen LogP) is 2.91. The van der Waals surface area contributed by atoms with E-state index < -0.39 is 0 Å². The molecule has 0 saturated carbocycles. The largest absolute Gasteiger partial charge is 0.393 e. The van der Waals surface area contributed by atoms with Gasteiger partial charge in [0.25, 0.3) is 0 Å². The number of nitrogens with two attached hydrogens (primary N) is 1. The smallest absolute Gasteiger partial charge is 0.0727 e. The molecule has 0 unspecified atom stereocenters. The summed E-state index contributed by atoms with van der Waals surface area (Å²) >= 11 is 4.85. The zero-order valence-corrected chi connectivity index (χ0v) is 9.66. The van der Waals surface area contributed by atoms with Crippen molar-refractivity contribution in [3.63, 3.8) is 0 Å². The topological polar surface area (TPSA) is 26.0 Å². The summed E-state index contributed by atoms with van der Waals surface area (Å²) in [6.07, 6.45) is 2.98. The summed E-state index contributed by atoms with van der Waals surface area (Å²) in [6.45, 7) is 4.27. The minimum absolute atomic E-state index is 0.621. The summed E-state index contributed by atoms with van der Waals surface area (Å²) in [7, 11) is 0. The normalized spacial score (nSPS) is 10.1. The molecule has 0 spiro atoms. The highest BCUT2D eigenvalue weighted by Crippen LogP contribution is 2.13. The van der Waals surface area contributed by atoms with Crippen molar-refractivity contribution in [2.75, 3.05) is 0 Å². The van der Waals surface area contributed by atoms with Crippen LogP contribution in [0, 0.1) is 13.8 Å². The van der Waals surface area contributed by atoms with Gasteiger partial charge in [0.1, 0.15) is 0 Å². The maximum absolute atomic E-state index is 5.46. The molecule has 0 aliphatic carbocycles. The highest BCUT2D eigenvalue weighted by molar-refractivity contribution is 7.80. The van der Waals surface area contributed by atoms with E-state index in [1.165, 1.54) is 16.7 Å². The Bertz CT molecular complexity index is 331. The molecule has 0 aliphatic heterocycles. The second kappa shape index (κ2) is 5.11. The molecular weight excluding hydrogens is 190 g/mol. The fraction of sp³-hybridized carbons (Fsp3) is 0.417. The molecule has 1 rings (SSSR count). The Hall–Kier alpha value is -0.890. The van der Waals surface area contributed by atoms with Crippen LogP contribution in [0.2, 0.25) is 0 Å². The SMILES string of the molecule is Cc1ccc(C)c(CCCC(N)=S)c1. The van der Waals surface area contributed by atoms with E-state index in [-0.39, 0.29) is 0 Å². The minimum Gasteiger partial charge on any atom is -0.393 e. The molecule has 0 heterocycles. The first-order valence-corrected chi connectivity index (χ1v) is 5.35. The van der Waals surface area contributed by atoms with Crippen molar-refractivity contribution in [3.8, 4) is 0 Å². The molecule has 1 nitrogen and oxygen atoms in total. The van der Waals surface area contributed by atoms with E-state index in [2.05, 4.69) is 32.0 Å². The highest BCUT2D eigenvalue weighted by Gasteiger charge is 1.99. The molecule has 14 heavy (non-hydrogen) atoms. The van der Waals surface area contributed by atoms with Gasteiger partial charge in [0.15, 0.2) is 0 Å². The zero-order valence-electron chi connectivity index (χ0n) is 8.84. The van der Waals surface area contributed by atoms with Gasteiger partial charge in [-0.3, -0.25) is 0 Å². The molecule has 1 aromatic carbocycles. The summed E-state index contributed by atoms with van der Waals surface area (Å²) < 4.78 is 0. The third-order valence-electron chi connectivity index (χ3n) is 2.37. The van der Waals surface area contributed by atoms with Gasteiger partial charge in [-0.15, -0.1) is 0 Å². The first-order chi connectivity index (χ1) is 6.59. The average molecular weight is 207 g/mol. The van der Waals surface area contributed by atoms with Crippen LogP contribution in [0.1, 0.15) is 29.5 Å². The van der Waals surface area contributed by atoms with Crippen molar-refractivity contribution < 1.29 is 0 Å². The van der Waals surface area contributed by atoms with Crippen LogP contribution in [0.4, 0.5) is 0 Å². The number of thiocarbonyl (C=S) groups is 1. The number of hydrogen-bond acceptors (Lipinski definition) is 1. The lowest BCUT2D eigenvalue weighted by molar-refractivity contribution is 0.860. The monoisotopic (exact) mass is 207 g/mol. The van der Waals surface area contributed by atoms with Crippen molar-refractivity contribution >= 4 is 17.2 Å². The first kappa shape index (κ1) is 11.2. The van der Waals surface area contributed by atoms with E-state index in [0.717, 1.165) is 19.3 Å². The Morgan fingerprint density at radius 2 is 2.07 bits per heavy atom. The van der Waals surface area contributed by atoms with Crippen LogP contribution < -0.4 is 5.73 Å². The molecule has 0 fully saturated rings. The van der Waals surface area contributed by atoms with Crippen LogP contribution in [-0.2, 0) is 6.42 Å². The Kier molecular flexibility index (Phi) is 4.08. The quantitative estimate of drug-likeness (QED) is 0.768. The molecule has 0 aliphatic rings. The van der Waals surface area contributed by atoms with E-state index in [1.807, 2.05) is 0 Å². The number of benzene rings is 1. The summed E-state index contributed by atoms with van der Waals surface area (Å²) in [5, 5.41) is 0. The maximum Gasteiger partial charge on any atom is 0.0727 e. The zero-order chi connectivity index (χ0) is 10.6. The summed E-state index contributed by atoms with van der Waals surface area (Å²) in [5.74, 6) is 0. The van der Waals surface area contributed by atoms with Gasteiger partial charge in [-0.05, 0) is 44.2 Å². The summed E-state index contributed by atoms with van der Waals surface area (Å²) in [4.78, 5) is 0.621. The molecule has 0 saturated heterocycles. The van der Waals surface area contributed by atoms with Crippen molar-refractivity contribution in [2.24, 2.45) is 5.73 Å². The molecule has 2 N–H and O–H groups in total. The van der Waals surface area contributed by atoms with Crippen molar-refractivity contribution in [2.45, 2.75) is 33.1 Å². The fourth-order valence-electron chi connectivity index (χ4n) is 1.52. The molecular formula is C12H17NS.